The number of pyridine rings is 2. The van der Waals surface area contributed by atoms with Gasteiger partial charge < -0.3 is 0 Å². The number of para-hydroxylation sites is 4. The van der Waals surface area contributed by atoms with Crippen LogP contribution in [-0.2, 0) is 0 Å². The molecule has 4 nitrogen and oxygen atoms in total. The molecule has 6 rings (SSSR count). The van der Waals surface area contributed by atoms with Gasteiger partial charge in [0.2, 0.25) is 0 Å². The predicted molar refractivity (Wildman–Crippen MR) is 139 cm³/mol. The van der Waals surface area contributed by atoms with Crippen LogP contribution >= 0.6 is 0 Å². The molecule has 0 saturated carbocycles. The average Bonchev–Trinajstić information content (AvgIpc) is 2.87. The highest BCUT2D eigenvalue weighted by atomic mass is 14.9. The molecule has 0 radical (unpaired) electrons. The minimum absolute atomic E-state index is 0.343. The van der Waals surface area contributed by atoms with E-state index in [2.05, 4.69) is 34.3 Å². The lowest BCUT2D eigenvalue weighted by molar-refractivity contribution is 1.08. The first kappa shape index (κ1) is 19.3. The topological polar surface area (TPSA) is 50.5 Å². The van der Waals surface area contributed by atoms with Gasteiger partial charge in [0.25, 0.3) is 0 Å². The molecule has 33 heavy (non-hydrogen) atoms. The second-order valence-corrected chi connectivity index (χ2v) is 7.88. The van der Waals surface area contributed by atoms with E-state index in [1.54, 1.807) is 0 Å². The summed E-state index contributed by atoms with van der Waals surface area (Å²) < 4.78 is 0. The van der Waals surface area contributed by atoms with Crippen molar-refractivity contribution in [2.45, 2.75) is 0 Å². The smallest absolute Gasteiger partial charge is 0.129 e. The first-order chi connectivity index (χ1) is 16.4. The van der Waals surface area contributed by atoms with Crippen molar-refractivity contribution < 1.29 is 0 Å². The van der Waals surface area contributed by atoms with Crippen LogP contribution in [0.15, 0.2) is 107 Å². The van der Waals surface area contributed by atoms with Crippen LogP contribution in [0.25, 0.3) is 43.6 Å². The normalized spacial score (nSPS) is 12.1. The molecule has 6 aromatic rings. The van der Waals surface area contributed by atoms with E-state index < -0.39 is 0 Å². The van der Waals surface area contributed by atoms with E-state index >= 15 is 0 Å². The van der Waals surface area contributed by atoms with Crippen molar-refractivity contribution in [1.82, 2.24) is 9.97 Å². The molecule has 0 aliphatic carbocycles. The summed E-state index contributed by atoms with van der Waals surface area (Å²) in [5.74, 6) is 0. The number of fused-ring (bicyclic) bond motifs is 4. The number of benzene rings is 4. The summed E-state index contributed by atoms with van der Waals surface area (Å²) in [6.45, 7) is 0.343. The van der Waals surface area contributed by atoms with Crippen molar-refractivity contribution in [3.05, 3.63) is 108 Å². The standard InChI is InChI=1S/C29H20N4/c1-5-13-26-20(9-1)24(21-10-2-6-14-27(21)32-26)17-30-19-31-18-25-22-11-3-7-15-28(22)33-29-16-8-4-12-23(25)29/h1-18H,19H2/b30-17+,31-18?. The first-order valence-electron chi connectivity index (χ1n) is 10.9. The molecule has 4 heteroatoms. The molecule has 0 aliphatic rings. The quantitative estimate of drug-likeness (QED) is 0.237. The predicted octanol–water partition coefficient (Wildman–Crippen LogP) is 6.58. The van der Waals surface area contributed by atoms with E-state index in [1.807, 2.05) is 85.2 Å². The number of hydrogen-bond donors (Lipinski definition) is 0. The van der Waals surface area contributed by atoms with Gasteiger partial charge in [-0.25, -0.2) is 9.97 Å². The molecule has 0 atom stereocenters. The van der Waals surface area contributed by atoms with E-state index in [0.29, 0.717) is 6.67 Å². The fourth-order valence-electron chi connectivity index (χ4n) is 4.33. The van der Waals surface area contributed by atoms with Crippen LogP contribution in [0.5, 0.6) is 0 Å². The molecule has 0 aliphatic heterocycles. The minimum Gasteiger partial charge on any atom is -0.269 e. The molecular formula is C29H20N4. The number of nitrogens with zero attached hydrogens (tertiary/aromatic N) is 4. The van der Waals surface area contributed by atoms with E-state index in [4.69, 9.17) is 9.97 Å². The van der Waals surface area contributed by atoms with Crippen LogP contribution in [-0.4, -0.2) is 29.1 Å². The summed E-state index contributed by atoms with van der Waals surface area (Å²) in [5, 5.41) is 4.37. The molecule has 0 amide bonds. The second kappa shape index (κ2) is 8.24. The maximum atomic E-state index is 4.78. The maximum Gasteiger partial charge on any atom is 0.129 e. The van der Waals surface area contributed by atoms with Crippen LogP contribution in [0.3, 0.4) is 0 Å². The Balaban J connectivity index is 1.37. The van der Waals surface area contributed by atoms with Crippen molar-refractivity contribution in [3.63, 3.8) is 0 Å². The highest BCUT2D eigenvalue weighted by Gasteiger charge is 2.07. The maximum absolute atomic E-state index is 4.78. The SMILES string of the molecule is C(=NC/N=C/c1c2ccccc2nc2ccccc12)c1c2ccccc2nc2ccccc12. The Bertz CT molecular complexity index is 1460. The average molecular weight is 425 g/mol. The molecular weight excluding hydrogens is 404 g/mol. The van der Waals surface area contributed by atoms with Gasteiger partial charge in [-0.1, -0.05) is 72.8 Å². The lowest BCUT2D eigenvalue weighted by Gasteiger charge is -2.07. The van der Waals surface area contributed by atoms with Crippen molar-refractivity contribution in [1.29, 1.82) is 0 Å². The van der Waals surface area contributed by atoms with Crippen molar-refractivity contribution in [2.24, 2.45) is 9.98 Å². The molecule has 0 unspecified atom stereocenters. The van der Waals surface area contributed by atoms with Gasteiger partial charge in [0.05, 0.1) is 22.1 Å². The van der Waals surface area contributed by atoms with Crippen LogP contribution in [0.1, 0.15) is 11.1 Å². The zero-order chi connectivity index (χ0) is 22.0. The zero-order valence-corrected chi connectivity index (χ0v) is 17.9. The van der Waals surface area contributed by atoms with Crippen LogP contribution in [0, 0.1) is 0 Å². The van der Waals surface area contributed by atoms with E-state index in [0.717, 1.165) is 54.7 Å². The van der Waals surface area contributed by atoms with Gasteiger partial charge in [-0.05, 0) is 24.3 Å². The van der Waals surface area contributed by atoms with Gasteiger partial charge >= 0.3 is 0 Å². The summed E-state index contributed by atoms with van der Waals surface area (Å²) in [5.41, 5.74) is 6.02. The van der Waals surface area contributed by atoms with Gasteiger partial charge in [-0.2, -0.15) is 0 Å². The largest absolute Gasteiger partial charge is 0.269 e. The second-order valence-electron chi connectivity index (χ2n) is 7.88. The number of aromatic nitrogens is 2. The lowest BCUT2D eigenvalue weighted by atomic mass is 10.0. The molecule has 2 aromatic heterocycles. The highest BCUT2D eigenvalue weighted by Crippen LogP contribution is 2.25. The van der Waals surface area contributed by atoms with Crippen LogP contribution < -0.4 is 0 Å². The van der Waals surface area contributed by atoms with Gasteiger partial charge in [0, 0.05) is 45.1 Å². The fraction of sp³-hybridized carbons (Fsp3) is 0.0345. The molecule has 0 N–H and O–H groups in total. The van der Waals surface area contributed by atoms with Gasteiger partial charge in [0.15, 0.2) is 0 Å². The van der Waals surface area contributed by atoms with Crippen molar-refractivity contribution >= 4 is 56.0 Å². The molecule has 0 fully saturated rings. The third kappa shape index (κ3) is 3.52. The van der Waals surface area contributed by atoms with Gasteiger partial charge in [-0.15, -0.1) is 0 Å². The summed E-state index contributed by atoms with van der Waals surface area (Å²) in [7, 11) is 0. The minimum atomic E-state index is 0.343. The van der Waals surface area contributed by atoms with E-state index in [9.17, 15) is 0 Å². The first-order valence-corrected chi connectivity index (χ1v) is 10.9. The van der Waals surface area contributed by atoms with E-state index in [1.165, 1.54) is 0 Å². The monoisotopic (exact) mass is 424 g/mol. The Morgan fingerprint density at radius 2 is 0.758 bits per heavy atom. The molecule has 0 bridgehead atoms. The molecule has 2 heterocycles. The van der Waals surface area contributed by atoms with Gasteiger partial charge in [-0.3, -0.25) is 9.98 Å². The summed E-state index contributed by atoms with van der Waals surface area (Å²) in [6.07, 6.45) is 3.85. The molecule has 156 valence electrons. The lowest BCUT2D eigenvalue weighted by Crippen LogP contribution is -1.93. The molecule has 0 spiro atoms. The summed E-state index contributed by atoms with van der Waals surface area (Å²) in [6, 6.07) is 32.7. The Kier molecular flexibility index (Phi) is 4.81. The van der Waals surface area contributed by atoms with Crippen LogP contribution in [0.4, 0.5) is 0 Å². The summed E-state index contributed by atoms with van der Waals surface area (Å²) in [4.78, 5) is 18.9. The van der Waals surface area contributed by atoms with Gasteiger partial charge in [0.1, 0.15) is 6.67 Å². The number of hydrogen-bond acceptors (Lipinski definition) is 4. The number of aliphatic imine (C=N–C) groups is 2. The Hall–Kier alpha value is -4.44. The fourth-order valence-corrected chi connectivity index (χ4v) is 4.33. The highest BCUT2D eigenvalue weighted by molar-refractivity contribution is 6.11. The van der Waals surface area contributed by atoms with Crippen molar-refractivity contribution in [3.8, 4) is 0 Å². The molecule has 4 aromatic carbocycles. The summed E-state index contributed by atoms with van der Waals surface area (Å²) >= 11 is 0. The Morgan fingerprint density at radius 3 is 1.09 bits per heavy atom. The Labute approximate surface area is 191 Å². The zero-order valence-electron chi connectivity index (χ0n) is 17.9. The van der Waals surface area contributed by atoms with Crippen LogP contribution in [0.2, 0.25) is 0 Å². The Morgan fingerprint density at radius 1 is 0.455 bits per heavy atom. The number of rotatable bonds is 4. The third-order valence-electron chi connectivity index (χ3n) is 5.86. The molecule has 0 saturated heterocycles. The van der Waals surface area contributed by atoms with Crippen molar-refractivity contribution in [2.75, 3.05) is 6.67 Å². The van der Waals surface area contributed by atoms with E-state index in [-0.39, 0.29) is 0 Å². The third-order valence-corrected chi connectivity index (χ3v) is 5.86.